The van der Waals surface area contributed by atoms with E-state index in [4.69, 9.17) is 9.26 Å². The van der Waals surface area contributed by atoms with Crippen molar-refractivity contribution in [1.29, 1.82) is 0 Å². The van der Waals surface area contributed by atoms with Crippen LogP contribution in [0.4, 0.5) is 4.79 Å². The summed E-state index contributed by atoms with van der Waals surface area (Å²) >= 11 is 0. The third kappa shape index (κ3) is 4.86. The second-order valence-electron chi connectivity index (χ2n) is 8.80. The summed E-state index contributed by atoms with van der Waals surface area (Å²) in [5.74, 6) is 2.09. The molecule has 1 amide bonds. The highest BCUT2D eigenvalue weighted by atomic mass is 16.6. The lowest BCUT2D eigenvalue weighted by molar-refractivity contribution is 0.0160. The molecular weight excluding hydrogens is 332 g/mol. The van der Waals surface area contributed by atoms with E-state index in [9.17, 15) is 9.59 Å². The molecule has 0 bridgehead atoms. The van der Waals surface area contributed by atoms with Gasteiger partial charge in [-0.1, -0.05) is 12.1 Å². The molecule has 0 N–H and O–H groups in total. The number of ketones is 1. The Hall–Kier alpha value is -1.85. The highest BCUT2D eigenvalue weighted by Gasteiger charge is 2.32. The molecule has 1 unspecified atom stereocenters. The van der Waals surface area contributed by atoms with E-state index in [1.54, 1.807) is 4.90 Å². The summed E-state index contributed by atoms with van der Waals surface area (Å²) in [5, 5.41) is 3.95. The highest BCUT2D eigenvalue weighted by Crippen LogP contribution is 2.40. The quantitative estimate of drug-likeness (QED) is 0.726. The van der Waals surface area contributed by atoms with E-state index in [0.717, 1.165) is 31.4 Å². The molecule has 0 radical (unpaired) electrons. The van der Waals surface area contributed by atoms with Crippen LogP contribution in [0, 0.1) is 11.8 Å². The van der Waals surface area contributed by atoms with Gasteiger partial charge in [-0.05, 0) is 58.3 Å². The molecule has 1 saturated heterocycles. The van der Waals surface area contributed by atoms with Gasteiger partial charge in [0.2, 0.25) is 0 Å². The van der Waals surface area contributed by atoms with E-state index >= 15 is 0 Å². The van der Waals surface area contributed by atoms with E-state index in [0.29, 0.717) is 37.0 Å². The molecule has 6 nitrogen and oxygen atoms in total. The standard InChI is InChI=1S/C20H30N2O4/c1-13(11-17(23)16-12-18(26-21-16)15-5-6-15)14-7-9-22(10-8-14)19(24)25-20(2,3)4/h12-15H,5-11H2,1-4H3. The Morgan fingerprint density at radius 3 is 2.50 bits per heavy atom. The molecule has 144 valence electrons. The molecule has 3 rings (SSSR count). The van der Waals surface area contributed by atoms with Gasteiger partial charge in [0.25, 0.3) is 0 Å². The Kier molecular flexibility index (Phi) is 5.39. The molecule has 1 atom stereocenters. The van der Waals surface area contributed by atoms with E-state index in [-0.39, 0.29) is 17.8 Å². The fourth-order valence-electron chi connectivity index (χ4n) is 3.52. The minimum atomic E-state index is -0.468. The lowest BCUT2D eigenvalue weighted by Crippen LogP contribution is -2.42. The number of amides is 1. The Morgan fingerprint density at radius 2 is 1.92 bits per heavy atom. The van der Waals surface area contributed by atoms with Crippen molar-refractivity contribution >= 4 is 11.9 Å². The van der Waals surface area contributed by atoms with Crippen LogP contribution in [0.3, 0.4) is 0 Å². The molecule has 1 aromatic heterocycles. The van der Waals surface area contributed by atoms with Gasteiger partial charge in [0.15, 0.2) is 5.78 Å². The zero-order valence-corrected chi connectivity index (χ0v) is 16.3. The smallest absolute Gasteiger partial charge is 0.410 e. The van der Waals surface area contributed by atoms with Crippen LogP contribution in [-0.2, 0) is 4.74 Å². The predicted molar refractivity (Wildman–Crippen MR) is 97.1 cm³/mol. The zero-order chi connectivity index (χ0) is 18.9. The molecular formula is C20H30N2O4. The molecule has 2 fully saturated rings. The number of rotatable bonds is 5. The summed E-state index contributed by atoms with van der Waals surface area (Å²) in [7, 11) is 0. The lowest BCUT2D eigenvalue weighted by atomic mass is 9.82. The summed E-state index contributed by atoms with van der Waals surface area (Å²) < 4.78 is 10.7. The van der Waals surface area contributed by atoms with Crippen molar-refractivity contribution in [2.45, 2.75) is 71.3 Å². The van der Waals surface area contributed by atoms with Crippen LogP contribution in [0.2, 0.25) is 0 Å². The van der Waals surface area contributed by atoms with Gasteiger partial charge in [0.05, 0.1) is 0 Å². The summed E-state index contributed by atoms with van der Waals surface area (Å²) in [4.78, 5) is 26.4. The molecule has 26 heavy (non-hydrogen) atoms. The number of carbonyl (C=O) groups excluding carboxylic acids is 2. The number of aromatic nitrogens is 1. The molecule has 0 spiro atoms. The molecule has 1 aromatic rings. The van der Waals surface area contributed by atoms with Gasteiger partial charge in [-0.2, -0.15) is 0 Å². The molecule has 2 heterocycles. The van der Waals surface area contributed by atoms with Crippen LogP contribution in [0.1, 0.15) is 82.0 Å². The van der Waals surface area contributed by atoms with Crippen molar-refractivity contribution < 1.29 is 18.8 Å². The fourth-order valence-corrected chi connectivity index (χ4v) is 3.52. The first-order chi connectivity index (χ1) is 12.2. The van der Waals surface area contributed by atoms with Crippen molar-refractivity contribution in [2.75, 3.05) is 13.1 Å². The van der Waals surface area contributed by atoms with Crippen LogP contribution in [0.15, 0.2) is 10.6 Å². The predicted octanol–water partition coefficient (Wildman–Crippen LogP) is 4.41. The lowest BCUT2D eigenvalue weighted by Gasteiger charge is -2.35. The Balaban J connectivity index is 1.46. The van der Waals surface area contributed by atoms with E-state index < -0.39 is 5.60 Å². The highest BCUT2D eigenvalue weighted by molar-refractivity contribution is 5.94. The zero-order valence-electron chi connectivity index (χ0n) is 16.3. The maximum absolute atomic E-state index is 12.5. The van der Waals surface area contributed by atoms with E-state index in [1.807, 2.05) is 26.8 Å². The van der Waals surface area contributed by atoms with Gasteiger partial charge >= 0.3 is 6.09 Å². The van der Waals surface area contributed by atoms with Crippen molar-refractivity contribution in [3.63, 3.8) is 0 Å². The van der Waals surface area contributed by atoms with Gasteiger partial charge in [-0.25, -0.2) is 4.79 Å². The van der Waals surface area contributed by atoms with Crippen LogP contribution in [0.5, 0.6) is 0 Å². The van der Waals surface area contributed by atoms with Crippen molar-refractivity contribution in [2.24, 2.45) is 11.8 Å². The number of hydrogen-bond acceptors (Lipinski definition) is 5. The summed E-state index contributed by atoms with van der Waals surface area (Å²) in [6.45, 7) is 9.13. The van der Waals surface area contributed by atoms with Crippen molar-refractivity contribution in [3.8, 4) is 0 Å². The number of hydrogen-bond donors (Lipinski definition) is 0. The molecule has 1 aliphatic carbocycles. The van der Waals surface area contributed by atoms with Crippen LogP contribution in [0.25, 0.3) is 0 Å². The first-order valence-corrected chi connectivity index (χ1v) is 9.70. The Morgan fingerprint density at radius 1 is 1.27 bits per heavy atom. The average Bonchev–Trinajstić information content (AvgIpc) is 3.30. The number of Topliss-reactive ketones (excluding diaryl/α,β-unsaturated/α-hetero) is 1. The molecule has 2 aliphatic rings. The third-order valence-corrected chi connectivity index (χ3v) is 5.30. The normalized spacial score (nSPS) is 20.1. The van der Waals surface area contributed by atoms with Gasteiger partial charge in [0, 0.05) is 31.5 Å². The first-order valence-electron chi connectivity index (χ1n) is 9.70. The summed E-state index contributed by atoms with van der Waals surface area (Å²) in [6.07, 6.45) is 4.31. The average molecular weight is 362 g/mol. The Labute approximate surface area is 155 Å². The maximum Gasteiger partial charge on any atom is 0.410 e. The van der Waals surface area contributed by atoms with Crippen LogP contribution >= 0.6 is 0 Å². The molecule has 1 saturated carbocycles. The summed E-state index contributed by atoms with van der Waals surface area (Å²) in [5.41, 5.74) is -0.00479. The van der Waals surface area contributed by atoms with Gasteiger partial charge in [-0.3, -0.25) is 4.79 Å². The minimum absolute atomic E-state index is 0.0581. The minimum Gasteiger partial charge on any atom is -0.444 e. The largest absolute Gasteiger partial charge is 0.444 e. The second kappa shape index (κ2) is 7.41. The van der Waals surface area contributed by atoms with E-state index in [1.165, 1.54) is 0 Å². The third-order valence-electron chi connectivity index (χ3n) is 5.30. The molecule has 1 aliphatic heterocycles. The maximum atomic E-state index is 12.5. The molecule has 0 aromatic carbocycles. The summed E-state index contributed by atoms with van der Waals surface area (Å²) in [6, 6.07) is 1.82. The first kappa shape index (κ1) is 18.9. The number of piperidine rings is 1. The topological polar surface area (TPSA) is 72.6 Å². The van der Waals surface area contributed by atoms with Crippen molar-refractivity contribution in [1.82, 2.24) is 10.1 Å². The fraction of sp³-hybridized carbons (Fsp3) is 0.750. The monoisotopic (exact) mass is 362 g/mol. The number of ether oxygens (including phenoxy) is 1. The molecule has 6 heteroatoms. The van der Waals surface area contributed by atoms with Gasteiger partial charge < -0.3 is 14.2 Å². The number of carbonyl (C=O) groups is 2. The van der Waals surface area contributed by atoms with Crippen LogP contribution in [-0.4, -0.2) is 40.6 Å². The van der Waals surface area contributed by atoms with Crippen LogP contribution < -0.4 is 0 Å². The number of nitrogens with zero attached hydrogens (tertiary/aromatic N) is 2. The Bertz CT molecular complexity index is 649. The van der Waals surface area contributed by atoms with Crippen molar-refractivity contribution in [3.05, 3.63) is 17.5 Å². The van der Waals surface area contributed by atoms with E-state index in [2.05, 4.69) is 12.1 Å². The van der Waals surface area contributed by atoms with Gasteiger partial charge in [-0.15, -0.1) is 0 Å². The van der Waals surface area contributed by atoms with Gasteiger partial charge in [0.1, 0.15) is 17.1 Å². The number of likely N-dealkylation sites (tertiary alicyclic amines) is 1. The SMILES string of the molecule is CC(CC(=O)c1cc(C2CC2)on1)C1CCN(C(=O)OC(C)(C)C)CC1. The second-order valence-corrected chi connectivity index (χ2v) is 8.80.